The number of carbonyl (C=O) groups excluding carboxylic acids is 1. The van der Waals surface area contributed by atoms with Gasteiger partial charge in [0, 0.05) is 31.4 Å². The minimum atomic E-state index is -0.469. The van der Waals surface area contributed by atoms with Gasteiger partial charge in [0.15, 0.2) is 0 Å². The van der Waals surface area contributed by atoms with Crippen molar-refractivity contribution in [1.82, 2.24) is 10.2 Å². The van der Waals surface area contributed by atoms with Crippen LogP contribution in [-0.2, 0) is 11.3 Å². The summed E-state index contributed by atoms with van der Waals surface area (Å²) in [6.45, 7) is 10.9. The van der Waals surface area contributed by atoms with Gasteiger partial charge in [0.05, 0.1) is 0 Å². The second kappa shape index (κ2) is 7.68. The Bertz CT molecular complexity index is 519. The predicted octanol–water partition coefficient (Wildman–Crippen LogP) is 3.22. The monoisotopic (exact) mass is 319 g/mol. The van der Waals surface area contributed by atoms with Crippen molar-refractivity contribution in [3.63, 3.8) is 0 Å². The number of amides is 1. The summed E-state index contributed by atoms with van der Waals surface area (Å²) in [6, 6.07) is 8.75. The lowest BCUT2D eigenvalue weighted by atomic mass is 10.1. The molecule has 5 heteroatoms. The summed E-state index contributed by atoms with van der Waals surface area (Å²) < 4.78 is 5.46. The lowest BCUT2D eigenvalue weighted by Crippen LogP contribution is -2.36. The summed E-state index contributed by atoms with van der Waals surface area (Å²) in [4.78, 5) is 14.0. The molecule has 1 fully saturated rings. The fourth-order valence-electron chi connectivity index (χ4n) is 2.63. The minimum Gasteiger partial charge on any atom is -0.444 e. The molecule has 0 aromatic heterocycles. The van der Waals surface area contributed by atoms with Gasteiger partial charge in [0.1, 0.15) is 5.60 Å². The van der Waals surface area contributed by atoms with Crippen LogP contribution in [0.25, 0.3) is 0 Å². The molecule has 2 rings (SSSR count). The largest absolute Gasteiger partial charge is 0.444 e. The van der Waals surface area contributed by atoms with Crippen LogP contribution in [0, 0.1) is 0 Å². The van der Waals surface area contributed by atoms with Crippen molar-refractivity contribution in [3.8, 4) is 0 Å². The highest BCUT2D eigenvalue weighted by atomic mass is 16.6. The van der Waals surface area contributed by atoms with Gasteiger partial charge in [-0.25, -0.2) is 4.79 Å². The maximum absolute atomic E-state index is 12.2. The van der Waals surface area contributed by atoms with E-state index in [-0.39, 0.29) is 6.09 Å². The molecule has 128 valence electrons. The zero-order chi connectivity index (χ0) is 16.9. The predicted molar refractivity (Wildman–Crippen MR) is 93.7 cm³/mol. The summed E-state index contributed by atoms with van der Waals surface area (Å²) >= 11 is 0. The van der Waals surface area contributed by atoms with Gasteiger partial charge in [-0.05, 0) is 58.4 Å². The summed E-state index contributed by atoms with van der Waals surface area (Å²) in [5.41, 5.74) is 1.74. The third kappa shape index (κ3) is 5.75. The Balaban J connectivity index is 1.98. The van der Waals surface area contributed by atoms with E-state index in [4.69, 9.17) is 4.74 Å². The molecule has 0 saturated carbocycles. The number of hydrogen-bond acceptors (Lipinski definition) is 4. The molecule has 5 nitrogen and oxygen atoms in total. The highest BCUT2D eigenvalue weighted by Gasteiger charge is 2.21. The number of ether oxygens (including phenoxy) is 1. The molecule has 1 atom stereocenters. The molecule has 1 unspecified atom stereocenters. The second-order valence-corrected chi connectivity index (χ2v) is 7.03. The van der Waals surface area contributed by atoms with Crippen molar-refractivity contribution in [2.75, 3.05) is 25.0 Å². The molecule has 1 amide bonds. The van der Waals surface area contributed by atoms with Crippen LogP contribution in [0.5, 0.6) is 0 Å². The number of anilines is 1. The van der Waals surface area contributed by atoms with Gasteiger partial charge < -0.3 is 20.3 Å². The van der Waals surface area contributed by atoms with E-state index in [1.165, 1.54) is 0 Å². The topological polar surface area (TPSA) is 53.6 Å². The normalized spacial score (nSPS) is 17.8. The maximum atomic E-state index is 12.2. The number of hydrogen-bond donors (Lipinski definition) is 2. The van der Waals surface area contributed by atoms with Crippen LogP contribution in [0.4, 0.5) is 10.5 Å². The molecule has 23 heavy (non-hydrogen) atoms. The molecule has 0 aliphatic carbocycles. The average Bonchev–Trinajstić information content (AvgIpc) is 2.96. The molecule has 1 aromatic rings. The first kappa shape index (κ1) is 17.6. The Morgan fingerprint density at radius 1 is 1.43 bits per heavy atom. The third-order valence-electron chi connectivity index (χ3n) is 3.76. The average molecular weight is 319 g/mol. The van der Waals surface area contributed by atoms with Gasteiger partial charge in [-0.2, -0.15) is 0 Å². The molecule has 0 bridgehead atoms. The SMILES string of the molecule is CCN(Cc1cccc(NC2CCNC2)c1)C(=O)OC(C)(C)C. The molecule has 0 radical (unpaired) electrons. The number of rotatable bonds is 5. The van der Waals surface area contributed by atoms with Crippen molar-refractivity contribution in [2.45, 2.75) is 52.3 Å². The van der Waals surface area contributed by atoms with E-state index in [1.54, 1.807) is 4.90 Å². The van der Waals surface area contributed by atoms with Crippen molar-refractivity contribution in [3.05, 3.63) is 29.8 Å². The highest BCUT2D eigenvalue weighted by Crippen LogP contribution is 2.17. The number of carbonyl (C=O) groups is 1. The Morgan fingerprint density at radius 2 is 2.22 bits per heavy atom. The molecular formula is C18H29N3O2. The van der Waals surface area contributed by atoms with Crippen LogP contribution >= 0.6 is 0 Å². The summed E-state index contributed by atoms with van der Waals surface area (Å²) in [5, 5.41) is 6.90. The van der Waals surface area contributed by atoms with Crippen LogP contribution in [0.3, 0.4) is 0 Å². The highest BCUT2D eigenvalue weighted by molar-refractivity contribution is 5.68. The second-order valence-electron chi connectivity index (χ2n) is 7.03. The molecule has 1 aromatic carbocycles. The molecule has 1 aliphatic rings. The Kier molecular flexibility index (Phi) is 5.88. The van der Waals surface area contributed by atoms with E-state index in [0.29, 0.717) is 19.1 Å². The van der Waals surface area contributed by atoms with Crippen LogP contribution in [0.1, 0.15) is 39.7 Å². The van der Waals surface area contributed by atoms with Crippen LogP contribution < -0.4 is 10.6 Å². The van der Waals surface area contributed by atoms with Gasteiger partial charge in [-0.15, -0.1) is 0 Å². The molecule has 1 saturated heterocycles. The van der Waals surface area contributed by atoms with Crippen LogP contribution in [-0.4, -0.2) is 42.3 Å². The smallest absolute Gasteiger partial charge is 0.410 e. The van der Waals surface area contributed by atoms with Gasteiger partial charge in [0.2, 0.25) is 0 Å². The van der Waals surface area contributed by atoms with Crippen molar-refractivity contribution >= 4 is 11.8 Å². The maximum Gasteiger partial charge on any atom is 0.410 e. The quantitative estimate of drug-likeness (QED) is 0.875. The number of nitrogens with one attached hydrogen (secondary N) is 2. The van der Waals surface area contributed by atoms with E-state index in [2.05, 4.69) is 22.8 Å². The van der Waals surface area contributed by atoms with Gasteiger partial charge >= 0.3 is 6.09 Å². The molecule has 0 spiro atoms. The van der Waals surface area contributed by atoms with Crippen LogP contribution in [0.2, 0.25) is 0 Å². The Morgan fingerprint density at radius 3 is 2.83 bits per heavy atom. The fourth-order valence-corrected chi connectivity index (χ4v) is 2.63. The van der Waals surface area contributed by atoms with E-state index < -0.39 is 5.60 Å². The van der Waals surface area contributed by atoms with E-state index in [0.717, 1.165) is 30.8 Å². The zero-order valence-electron chi connectivity index (χ0n) is 14.7. The van der Waals surface area contributed by atoms with E-state index in [1.807, 2.05) is 39.8 Å². The molecular weight excluding hydrogens is 290 g/mol. The van der Waals surface area contributed by atoms with E-state index >= 15 is 0 Å². The van der Waals surface area contributed by atoms with Gasteiger partial charge in [0.25, 0.3) is 0 Å². The standard InChI is InChI=1S/C18H29N3O2/c1-5-21(17(22)23-18(2,3)4)13-14-7-6-8-15(11-14)20-16-9-10-19-12-16/h6-8,11,16,19-20H,5,9-10,12-13H2,1-4H3. The Hall–Kier alpha value is -1.75. The first-order valence-corrected chi connectivity index (χ1v) is 8.41. The Labute approximate surface area is 139 Å². The van der Waals surface area contributed by atoms with E-state index in [9.17, 15) is 4.79 Å². The van der Waals surface area contributed by atoms with Gasteiger partial charge in [-0.3, -0.25) is 0 Å². The third-order valence-corrected chi connectivity index (χ3v) is 3.76. The number of nitrogens with zero attached hydrogens (tertiary/aromatic N) is 1. The molecule has 1 heterocycles. The van der Waals surface area contributed by atoms with Crippen molar-refractivity contribution in [1.29, 1.82) is 0 Å². The lowest BCUT2D eigenvalue weighted by molar-refractivity contribution is 0.0244. The summed E-state index contributed by atoms with van der Waals surface area (Å²) in [5.74, 6) is 0. The van der Waals surface area contributed by atoms with Gasteiger partial charge in [-0.1, -0.05) is 12.1 Å². The first-order chi connectivity index (χ1) is 10.9. The minimum absolute atomic E-state index is 0.265. The zero-order valence-corrected chi connectivity index (χ0v) is 14.7. The van der Waals surface area contributed by atoms with Crippen LogP contribution in [0.15, 0.2) is 24.3 Å². The van der Waals surface area contributed by atoms with Crippen molar-refractivity contribution in [2.24, 2.45) is 0 Å². The summed E-state index contributed by atoms with van der Waals surface area (Å²) in [7, 11) is 0. The number of benzene rings is 1. The molecule has 2 N–H and O–H groups in total. The lowest BCUT2D eigenvalue weighted by Gasteiger charge is -2.26. The first-order valence-electron chi connectivity index (χ1n) is 8.41. The van der Waals surface area contributed by atoms with Crippen molar-refractivity contribution < 1.29 is 9.53 Å². The molecule has 1 aliphatic heterocycles. The fraction of sp³-hybridized carbons (Fsp3) is 0.611. The summed E-state index contributed by atoms with van der Waals surface area (Å²) in [6.07, 6.45) is 0.877.